The zero-order valence-electron chi connectivity index (χ0n) is 13.0. The molecule has 0 aromatic heterocycles. The number of nitro groups is 1. The van der Waals surface area contributed by atoms with Gasteiger partial charge in [0.15, 0.2) is 0 Å². The predicted molar refractivity (Wildman–Crippen MR) is 92.7 cm³/mol. The van der Waals surface area contributed by atoms with Crippen LogP contribution in [-0.2, 0) is 4.79 Å². The van der Waals surface area contributed by atoms with E-state index in [1.54, 1.807) is 48.5 Å². The molecular formula is C18H13N3O4. The number of nitro benzene ring substituents is 1. The van der Waals surface area contributed by atoms with Gasteiger partial charge >= 0.3 is 6.03 Å². The number of carbonyl (C=O) groups is 2. The Hall–Kier alpha value is -3.74. The van der Waals surface area contributed by atoms with Gasteiger partial charge in [0.25, 0.3) is 11.6 Å². The van der Waals surface area contributed by atoms with E-state index in [-0.39, 0.29) is 11.4 Å². The van der Waals surface area contributed by atoms with Crippen molar-refractivity contribution in [2.24, 2.45) is 0 Å². The van der Waals surface area contributed by atoms with E-state index in [0.29, 0.717) is 11.3 Å². The normalized spacial score (nSPS) is 15.8. The maximum atomic E-state index is 12.4. The van der Waals surface area contributed by atoms with Gasteiger partial charge in [0, 0.05) is 6.07 Å². The van der Waals surface area contributed by atoms with E-state index in [1.165, 1.54) is 24.3 Å². The van der Waals surface area contributed by atoms with Crippen molar-refractivity contribution in [2.45, 2.75) is 0 Å². The second-order valence-corrected chi connectivity index (χ2v) is 5.16. The van der Waals surface area contributed by atoms with Crippen LogP contribution in [0, 0.1) is 10.1 Å². The lowest BCUT2D eigenvalue weighted by Gasteiger charge is -2.10. The first-order valence-corrected chi connectivity index (χ1v) is 7.40. The molecule has 7 heteroatoms. The lowest BCUT2D eigenvalue weighted by atomic mass is 10.1. The number of hydrogen-bond acceptors (Lipinski definition) is 4. The highest BCUT2D eigenvalue weighted by Gasteiger charge is 2.34. The lowest BCUT2D eigenvalue weighted by molar-refractivity contribution is -0.385. The van der Waals surface area contributed by atoms with Crippen molar-refractivity contribution in [3.05, 3.63) is 88.1 Å². The molecule has 0 aliphatic carbocycles. The van der Waals surface area contributed by atoms with E-state index in [9.17, 15) is 19.7 Å². The molecule has 2 aromatic carbocycles. The van der Waals surface area contributed by atoms with Gasteiger partial charge in [-0.1, -0.05) is 36.4 Å². The van der Waals surface area contributed by atoms with Gasteiger partial charge in [-0.2, -0.15) is 0 Å². The van der Waals surface area contributed by atoms with E-state index in [1.807, 2.05) is 0 Å². The minimum Gasteiger partial charge on any atom is -0.302 e. The summed E-state index contributed by atoms with van der Waals surface area (Å²) in [5.41, 5.74) is 0.936. The van der Waals surface area contributed by atoms with Crippen LogP contribution < -0.4 is 10.2 Å². The van der Waals surface area contributed by atoms with Crippen molar-refractivity contribution in [2.75, 3.05) is 4.90 Å². The summed E-state index contributed by atoms with van der Waals surface area (Å²) in [6.45, 7) is 0. The van der Waals surface area contributed by atoms with Gasteiger partial charge in [-0.25, -0.2) is 9.69 Å². The van der Waals surface area contributed by atoms with Crippen LogP contribution in [0.2, 0.25) is 0 Å². The Balaban J connectivity index is 1.83. The molecule has 124 valence electrons. The molecule has 1 N–H and O–H groups in total. The first kappa shape index (κ1) is 16.1. The molecule has 1 saturated heterocycles. The zero-order valence-corrected chi connectivity index (χ0v) is 13.0. The minimum absolute atomic E-state index is 0.0372. The number of nitrogens with one attached hydrogen (secondary N) is 1. The van der Waals surface area contributed by atoms with Crippen LogP contribution >= 0.6 is 0 Å². The van der Waals surface area contributed by atoms with Crippen molar-refractivity contribution >= 4 is 29.4 Å². The maximum Gasteiger partial charge on any atom is 0.333 e. The quantitative estimate of drug-likeness (QED) is 0.402. The largest absolute Gasteiger partial charge is 0.333 e. The fourth-order valence-corrected chi connectivity index (χ4v) is 2.40. The first-order valence-electron chi connectivity index (χ1n) is 7.40. The summed E-state index contributed by atoms with van der Waals surface area (Å²) in [5, 5.41) is 13.5. The number of imide groups is 1. The molecule has 0 saturated carbocycles. The number of allylic oxidation sites excluding steroid dienone is 2. The van der Waals surface area contributed by atoms with Crippen LogP contribution in [-0.4, -0.2) is 16.9 Å². The standard InChI is InChI=1S/C18H13N3O4/c22-17-15(19-18(23)20(17)14-9-2-1-3-10-14)11-6-8-13-7-4-5-12-16(13)21(24)25/h1-12H,(H,19,23)/b8-6+,15-11-. The summed E-state index contributed by atoms with van der Waals surface area (Å²) in [7, 11) is 0. The monoisotopic (exact) mass is 335 g/mol. The molecule has 3 rings (SSSR count). The smallest absolute Gasteiger partial charge is 0.302 e. The van der Waals surface area contributed by atoms with E-state index in [4.69, 9.17) is 0 Å². The minimum atomic E-state index is -0.540. The molecule has 3 amide bonds. The highest BCUT2D eigenvalue weighted by molar-refractivity contribution is 6.26. The summed E-state index contributed by atoms with van der Waals surface area (Å²) >= 11 is 0. The Morgan fingerprint density at radius 3 is 2.40 bits per heavy atom. The maximum absolute atomic E-state index is 12.4. The fraction of sp³-hybridized carbons (Fsp3) is 0. The molecule has 7 nitrogen and oxygen atoms in total. The van der Waals surface area contributed by atoms with Crippen molar-refractivity contribution in [3.8, 4) is 0 Å². The SMILES string of the molecule is O=C1N/C(=C\C=C\c2ccccc2[N+](=O)[O-])C(=O)N1c1ccccc1. The van der Waals surface area contributed by atoms with Crippen LogP contribution in [0.5, 0.6) is 0 Å². The first-order chi connectivity index (χ1) is 12.1. The molecule has 1 aliphatic rings. The highest BCUT2D eigenvalue weighted by atomic mass is 16.6. The fourth-order valence-electron chi connectivity index (χ4n) is 2.40. The van der Waals surface area contributed by atoms with Crippen LogP contribution in [0.1, 0.15) is 5.56 Å². The van der Waals surface area contributed by atoms with Crippen molar-refractivity contribution < 1.29 is 14.5 Å². The third-order valence-electron chi connectivity index (χ3n) is 3.56. The average Bonchev–Trinajstić information content (AvgIpc) is 2.90. The molecule has 25 heavy (non-hydrogen) atoms. The molecule has 0 bridgehead atoms. The topological polar surface area (TPSA) is 92.5 Å². The average molecular weight is 335 g/mol. The number of urea groups is 1. The predicted octanol–water partition coefficient (Wildman–Crippen LogP) is 3.25. The van der Waals surface area contributed by atoms with Gasteiger partial charge in [-0.05, 0) is 30.4 Å². The summed E-state index contributed by atoms with van der Waals surface area (Å²) in [6.07, 6.45) is 4.42. The number of nitrogens with zero attached hydrogens (tertiary/aromatic N) is 2. The van der Waals surface area contributed by atoms with Gasteiger partial charge in [-0.3, -0.25) is 14.9 Å². The molecule has 2 aromatic rings. The second-order valence-electron chi connectivity index (χ2n) is 5.16. The number of rotatable bonds is 4. The van der Waals surface area contributed by atoms with E-state index in [0.717, 1.165) is 4.90 Å². The Morgan fingerprint density at radius 1 is 1.00 bits per heavy atom. The van der Waals surface area contributed by atoms with E-state index in [2.05, 4.69) is 5.32 Å². The molecule has 0 unspecified atom stereocenters. The highest BCUT2D eigenvalue weighted by Crippen LogP contribution is 2.21. The lowest BCUT2D eigenvalue weighted by Crippen LogP contribution is -2.30. The molecule has 0 radical (unpaired) electrons. The summed E-state index contributed by atoms with van der Waals surface area (Å²) in [4.78, 5) is 35.9. The molecule has 1 fully saturated rings. The third kappa shape index (κ3) is 3.30. The number of para-hydroxylation sites is 2. The van der Waals surface area contributed by atoms with Crippen LogP contribution in [0.25, 0.3) is 6.08 Å². The second kappa shape index (κ2) is 6.79. The van der Waals surface area contributed by atoms with Gasteiger partial charge in [-0.15, -0.1) is 0 Å². The summed E-state index contributed by atoms with van der Waals surface area (Å²) in [5.74, 6) is -0.483. The van der Waals surface area contributed by atoms with Crippen LogP contribution in [0.15, 0.2) is 72.4 Å². The number of anilines is 1. The Morgan fingerprint density at radius 2 is 1.68 bits per heavy atom. The number of carbonyl (C=O) groups excluding carboxylic acids is 2. The Kier molecular flexibility index (Phi) is 4.38. The molecule has 0 atom stereocenters. The van der Waals surface area contributed by atoms with Gasteiger partial charge in [0.05, 0.1) is 16.2 Å². The zero-order chi connectivity index (χ0) is 17.8. The third-order valence-corrected chi connectivity index (χ3v) is 3.56. The summed E-state index contributed by atoms with van der Waals surface area (Å²) in [6, 6.07) is 14.3. The van der Waals surface area contributed by atoms with Gasteiger partial charge in [0.1, 0.15) is 5.70 Å². The Bertz CT molecular complexity index is 904. The molecule has 1 aliphatic heterocycles. The van der Waals surface area contributed by atoms with Crippen LogP contribution in [0.3, 0.4) is 0 Å². The van der Waals surface area contributed by atoms with E-state index >= 15 is 0 Å². The van der Waals surface area contributed by atoms with Gasteiger partial charge < -0.3 is 5.32 Å². The van der Waals surface area contributed by atoms with Crippen molar-refractivity contribution in [1.82, 2.24) is 5.32 Å². The molecule has 1 heterocycles. The van der Waals surface area contributed by atoms with E-state index < -0.39 is 16.9 Å². The van der Waals surface area contributed by atoms with Crippen LogP contribution in [0.4, 0.5) is 16.2 Å². The van der Waals surface area contributed by atoms with Gasteiger partial charge in [0.2, 0.25) is 0 Å². The molecular weight excluding hydrogens is 322 g/mol. The number of hydrogen-bond donors (Lipinski definition) is 1. The molecule has 0 spiro atoms. The number of amides is 3. The number of benzene rings is 2. The van der Waals surface area contributed by atoms with Crippen molar-refractivity contribution in [1.29, 1.82) is 0 Å². The van der Waals surface area contributed by atoms with Crippen molar-refractivity contribution in [3.63, 3.8) is 0 Å². The summed E-state index contributed by atoms with van der Waals surface area (Å²) < 4.78 is 0. The Labute approximate surface area is 143 Å².